The highest BCUT2D eigenvalue weighted by molar-refractivity contribution is 6.06. The van der Waals surface area contributed by atoms with Crippen molar-refractivity contribution in [3.05, 3.63) is 113 Å². The number of pyridine rings is 1. The Bertz CT molecular complexity index is 1640. The van der Waals surface area contributed by atoms with Gasteiger partial charge in [-0.3, -0.25) is 19.7 Å². The van der Waals surface area contributed by atoms with Gasteiger partial charge in [-0.1, -0.05) is 54.6 Å². The van der Waals surface area contributed by atoms with Crippen molar-refractivity contribution in [1.82, 2.24) is 14.5 Å². The zero-order chi connectivity index (χ0) is 22.5. The monoisotopic (exact) mass is 431 g/mol. The summed E-state index contributed by atoms with van der Waals surface area (Å²) in [6.07, 6.45) is 0. The summed E-state index contributed by atoms with van der Waals surface area (Å²) >= 11 is 0. The first-order chi connectivity index (χ1) is 16.1. The normalized spacial score (nSPS) is 13.5. The molecule has 0 bridgehead atoms. The molecule has 2 aromatic heterocycles. The average molecular weight is 431 g/mol. The molecule has 0 saturated heterocycles. The van der Waals surface area contributed by atoms with E-state index in [0.717, 1.165) is 33.1 Å². The molecule has 0 atom stereocenters. The molecule has 4 N–H and O–H groups in total. The molecular formula is C27H21N5O. The number of H-pyrrole nitrogens is 1. The lowest BCUT2D eigenvalue weighted by Crippen LogP contribution is -2.39. The molecule has 6 rings (SSSR count). The summed E-state index contributed by atoms with van der Waals surface area (Å²) in [7, 11) is 0. The SMILES string of the molecule is N=c1ccc2ccccc2n1C1=C(N)c2c([nH]c3ccccc23)CN1C(=O)c1ccccc1. The highest BCUT2D eigenvalue weighted by Crippen LogP contribution is 2.37. The number of carbonyl (C=O) groups excluding carboxylic acids is 1. The van der Waals surface area contributed by atoms with Gasteiger partial charge in [-0.15, -0.1) is 0 Å². The summed E-state index contributed by atoms with van der Waals surface area (Å²) in [5.74, 6) is 0.334. The standard InChI is InChI=1S/C27H21N5O/c28-23-15-14-17-8-4-7-13-22(17)32(23)26-25(29)24-19-11-5-6-12-20(19)30-21(24)16-31(26)27(33)18-9-2-1-3-10-18/h1-15,28,30H,16,29H2. The van der Waals surface area contributed by atoms with Crippen LogP contribution in [0.2, 0.25) is 0 Å². The van der Waals surface area contributed by atoms with Gasteiger partial charge < -0.3 is 10.7 Å². The molecule has 1 aliphatic heterocycles. The zero-order valence-corrected chi connectivity index (χ0v) is 17.7. The van der Waals surface area contributed by atoms with Gasteiger partial charge in [0.1, 0.15) is 11.3 Å². The van der Waals surface area contributed by atoms with Crippen LogP contribution in [-0.2, 0) is 6.54 Å². The Hall–Kier alpha value is -4.58. The first kappa shape index (κ1) is 19.1. The van der Waals surface area contributed by atoms with Crippen LogP contribution >= 0.6 is 0 Å². The molecule has 6 heteroatoms. The summed E-state index contributed by atoms with van der Waals surface area (Å²) in [5.41, 5.74) is 11.7. The third kappa shape index (κ3) is 2.88. The smallest absolute Gasteiger partial charge is 0.259 e. The Kier molecular flexibility index (Phi) is 4.20. The minimum absolute atomic E-state index is 0.169. The number of fused-ring (bicyclic) bond motifs is 4. The third-order valence-corrected chi connectivity index (χ3v) is 6.18. The molecule has 3 heterocycles. The maximum absolute atomic E-state index is 13.7. The highest BCUT2D eigenvalue weighted by Gasteiger charge is 2.32. The van der Waals surface area contributed by atoms with Crippen LogP contribution in [0.25, 0.3) is 33.3 Å². The number of nitrogens with zero attached hydrogens (tertiary/aromatic N) is 2. The second-order valence-corrected chi connectivity index (χ2v) is 8.13. The van der Waals surface area contributed by atoms with Crippen LogP contribution in [0.3, 0.4) is 0 Å². The van der Waals surface area contributed by atoms with Crippen molar-refractivity contribution in [3.63, 3.8) is 0 Å². The lowest BCUT2D eigenvalue weighted by atomic mass is 10.0. The van der Waals surface area contributed by atoms with Gasteiger partial charge in [0.2, 0.25) is 0 Å². The van der Waals surface area contributed by atoms with Gasteiger partial charge in [-0.25, -0.2) is 0 Å². The quantitative estimate of drug-likeness (QED) is 0.384. The minimum Gasteiger partial charge on any atom is -0.395 e. The summed E-state index contributed by atoms with van der Waals surface area (Å²) in [6, 6.07) is 28.6. The zero-order valence-electron chi connectivity index (χ0n) is 17.7. The first-order valence-corrected chi connectivity index (χ1v) is 10.8. The van der Waals surface area contributed by atoms with E-state index >= 15 is 0 Å². The lowest BCUT2D eigenvalue weighted by Gasteiger charge is -2.33. The van der Waals surface area contributed by atoms with Crippen LogP contribution in [0.15, 0.2) is 91.0 Å². The Morgan fingerprint density at radius 1 is 0.879 bits per heavy atom. The molecule has 0 spiro atoms. The number of para-hydroxylation sites is 2. The molecule has 160 valence electrons. The molecule has 3 aromatic carbocycles. The molecule has 0 unspecified atom stereocenters. The van der Waals surface area contributed by atoms with Gasteiger partial charge in [-0.2, -0.15) is 0 Å². The van der Waals surface area contributed by atoms with Gasteiger partial charge in [0.25, 0.3) is 5.91 Å². The first-order valence-electron chi connectivity index (χ1n) is 10.8. The van der Waals surface area contributed by atoms with Crippen LogP contribution in [0.4, 0.5) is 0 Å². The fourth-order valence-electron chi connectivity index (χ4n) is 4.69. The van der Waals surface area contributed by atoms with Crippen LogP contribution in [0, 0.1) is 5.41 Å². The number of nitrogens with two attached hydrogens (primary N) is 1. The number of nitrogens with one attached hydrogen (secondary N) is 2. The number of hydrogen-bond acceptors (Lipinski definition) is 3. The molecule has 0 aliphatic carbocycles. The Labute approximate surface area is 189 Å². The molecule has 33 heavy (non-hydrogen) atoms. The van der Waals surface area contributed by atoms with E-state index in [1.54, 1.807) is 27.7 Å². The number of carbonyl (C=O) groups is 1. The van der Waals surface area contributed by atoms with Gasteiger partial charge in [0.05, 0.1) is 17.8 Å². The van der Waals surface area contributed by atoms with E-state index in [9.17, 15) is 4.79 Å². The minimum atomic E-state index is -0.169. The van der Waals surface area contributed by atoms with Gasteiger partial charge in [0.15, 0.2) is 0 Å². The molecule has 6 nitrogen and oxygen atoms in total. The van der Waals surface area contributed by atoms with Crippen molar-refractivity contribution in [2.24, 2.45) is 5.73 Å². The largest absolute Gasteiger partial charge is 0.395 e. The van der Waals surface area contributed by atoms with Gasteiger partial charge in [0, 0.05) is 27.7 Å². The number of benzene rings is 3. The average Bonchev–Trinajstić information content (AvgIpc) is 3.23. The van der Waals surface area contributed by atoms with Gasteiger partial charge in [-0.05, 0) is 41.8 Å². The molecule has 0 saturated carbocycles. The van der Waals surface area contributed by atoms with E-state index in [1.165, 1.54) is 0 Å². The van der Waals surface area contributed by atoms with E-state index in [0.29, 0.717) is 23.6 Å². The van der Waals surface area contributed by atoms with E-state index in [2.05, 4.69) is 4.98 Å². The second-order valence-electron chi connectivity index (χ2n) is 8.13. The molecule has 5 aromatic rings. The Morgan fingerprint density at radius 3 is 2.45 bits per heavy atom. The maximum atomic E-state index is 13.7. The lowest BCUT2D eigenvalue weighted by molar-refractivity contribution is 0.0818. The number of aromatic amines is 1. The summed E-state index contributed by atoms with van der Waals surface area (Å²) in [6.45, 7) is 0.323. The molecule has 1 amide bonds. The third-order valence-electron chi connectivity index (χ3n) is 6.18. The van der Waals surface area contributed by atoms with Crippen molar-refractivity contribution < 1.29 is 4.79 Å². The fourth-order valence-corrected chi connectivity index (χ4v) is 4.69. The maximum Gasteiger partial charge on any atom is 0.259 e. The second kappa shape index (κ2) is 7.24. The van der Waals surface area contributed by atoms with E-state index < -0.39 is 0 Å². The highest BCUT2D eigenvalue weighted by atomic mass is 16.2. The van der Waals surface area contributed by atoms with Gasteiger partial charge >= 0.3 is 0 Å². The number of aromatic nitrogens is 2. The van der Waals surface area contributed by atoms with Crippen LogP contribution < -0.4 is 11.2 Å². The van der Waals surface area contributed by atoms with E-state index in [4.69, 9.17) is 11.1 Å². The van der Waals surface area contributed by atoms with Crippen LogP contribution in [0.1, 0.15) is 21.6 Å². The molecule has 0 fully saturated rings. The number of amides is 1. The predicted molar refractivity (Wildman–Crippen MR) is 130 cm³/mol. The van der Waals surface area contributed by atoms with Crippen molar-refractivity contribution in [2.45, 2.75) is 6.54 Å². The van der Waals surface area contributed by atoms with Crippen LogP contribution in [-0.4, -0.2) is 20.4 Å². The van der Waals surface area contributed by atoms with Crippen molar-refractivity contribution in [1.29, 1.82) is 5.41 Å². The Balaban J connectivity index is 1.69. The predicted octanol–water partition coefficient (Wildman–Crippen LogP) is 4.50. The van der Waals surface area contributed by atoms with Crippen molar-refractivity contribution in [2.75, 3.05) is 0 Å². The number of hydrogen-bond donors (Lipinski definition) is 3. The molecular weight excluding hydrogens is 410 g/mol. The van der Waals surface area contributed by atoms with Crippen molar-refractivity contribution in [3.8, 4) is 0 Å². The fraction of sp³-hybridized carbons (Fsp3) is 0.0370. The summed E-state index contributed by atoms with van der Waals surface area (Å²) in [4.78, 5) is 18.9. The van der Waals surface area contributed by atoms with Crippen molar-refractivity contribution >= 4 is 39.2 Å². The summed E-state index contributed by atoms with van der Waals surface area (Å²) in [5, 5.41) is 10.7. The van der Waals surface area contributed by atoms with Crippen LogP contribution in [0.5, 0.6) is 0 Å². The molecule has 0 radical (unpaired) electrons. The van der Waals surface area contributed by atoms with E-state index in [-0.39, 0.29) is 11.4 Å². The molecule has 1 aliphatic rings. The topological polar surface area (TPSA) is 90.9 Å². The van der Waals surface area contributed by atoms with E-state index in [1.807, 2.05) is 72.8 Å². The number of rotatable bonds is 2. The summed E-state index contributed by atoms with van der Waals surface area (Å²) < 4.78 is 1.77. The Morgan fingerprint density at radius 2 is 1.61 bits per heavy atom.